The molecule has 2 aromatic carbocycles. The SMILES string of the molecule is CN[C@@H](C)C(=O)N[C@@H](CNC(=O)c1cccc(S(=O)(=O)F)c1)C(=O)N1CCC[C@H]1C(=O)N[C@@H](Cc1ccccc1)C(N)=O. The molecule has 0 unspecified atom stereocenters. The van der Waals surface area contributed by atoms with E-state index in [9.17, 15) is 36.3 Å². The predicted octanol–water partition coefficient (Wildman–Crippen LogP) is -0.629. The summed E-state index contributed by atoms with van der Waals surface area (Å²) in [5.74, 6) is -3.37. The molecule has 0 saturated carbocycles. The molecule has 4 atom stereocenters. The molecule has 232 valence electrons. The molecule has 1 saturated heterocycles. The predicted molar refractivity (Wildman–Crippen MR) is 154 cm³/mol. The van der Waals surface area contributed by atoms with Crippen molar-refractivity contribution in [2.45, 2.75) is 55.2 Å². The van der Waals surface area contributed by atoms with Crippen molar-refractivity contribution in [1.82, 2.24) is 26.2 Å². The summed E-state index contributed by atoms with van der Waals surface area (Å²) in [6, 6.07) is 9.21. The van der Waals surface area contributed by atoms with Gasteiger partial charge in [-0.2, -0.15) is 8.42 Å². The molecule has 43 heavy (non-hydrogen) atoms. The third kappa shape index (κ3) is 9.06. The largest absolute Gasteiger partial charge is 0.368 e. The minimum Gasteiger partial charge on any atom is -0.368 e. The number of rotatable bonds is 13. The van der Waals surface area contributed by atoms with Crippen molar-refractivity contribution in [2.24, 2.45) is 5.73 Å². The minimum absolute atomic E-state index is 0.153. The quantitative estimate of drug-likeness (QED) is 0.183. The molecule has 15 heteroatoms. The second-order valence-electron chi connectivity index (χ2n) is 10.1. The van der Waals surface area contributed by atoms with E-state index in [4.69, 9.17) is 5.73 Å². The van der Waals surface area contributed by atoms with Gasteiger partial charge in [0.2, 0.25) is 23.6 Å². The van der Waals surface area contributed by atoms with E-state index in [1.165, 1.54) is 17.0 Å². The fourth-order valence-electron chi connectivity index (χ4n) is 4.56. The molecule has 1 heterocycles. The van der Waals surface area contributed by atoms with E-state index in [1.807, 2.05) is 6.07 Å². The number of hydrogen-bond donors (Lipinski definition) is 5. The lowest BCUT2D eigenvalue weighted by atomic mass is 10.0. The lowest BCUT2D eigenvalue weighted by Gasteiger charge is -2.30. The van der Waals surface area contributed by atoms with Crippen LogP contribution in [-0.2, 0) is 35.8 Å². The Bertz CT molecular complexity index is 1460. The topological polar surface area (TPSA) is 197 Å². The molecular formula is C28H35FN6O7S. The van der Waals surface area contributed by atoms with Gasteiger partial charge in [-0.3, -0.25) is 24.0 Å². The molecular weight excluding hydrogens is 583 g/mol. The number of amides is 5. The average molecular weight is 619 g/mol. The monoisotopic (exact) mass is 618 g/mol. The van der Waals surface area contributed by atoms with E-state index in [-0.39, 0.29) is 18.5 Å². The zero-order chi connectivity index (χ0) is 31.7. The smallest absolute Gasteiger partial charge is 0.332 e. The standard InChI is InChI=1S/C28H35FN6O7S/c1-17(31-2)25(37)34-22(16-32-26(38)19-10-6-11-20(15-19)43(29,41)42)28(40)35-13-7-12-23(35)27(39)33-21(24(30)36)14-18-8-4-3-5-9-18/h3-6,8-11,15,17,21-23,31H,7,12-14,16H2,1-2H3,(H2,30,36)(H,32,38)(H,33,39)(H,34,37)/t17-,21-,22-,23-/m0/s1. The van der Waals surface area contributed by atoms with E-state index in [0.29, 0.717) is 12.8 Å². The highest BCUT2D eigenvalue weighted by atomic mass is 32.3. The van der Waals surface area contributed by atoms with Crippen LogP contribution in [0.25, 0.3) is 0 Å². The summed E-state index contributed by atoms with van der Waals surface area (Å²) in [4.78, 5) is 65.1. The average Bonchev–Trinajstić information content (AvgIpc) is 3.48. The normalized spacial score (nSPS) is 16.9. The molecule has 3 rings (SSSR count). The molecule has 2 aromatic rings. The third-order valence-corrected chi connectivity index (χ3v) is 7.88. The van der Waals surface area contributed by atoms with Crippen molar-refractivity contribution in [3.05, 3.63) is 65.7 Å². The molecule has 5 amide bonds. The lowest BCUT2D eigenvalue weighted by Crippen LogP contribution is -2.59. The first-order valence-electron chi connectivity index (χ1n) is 13.6. The first kappa shape index (κ1) is 33.1. The molecule has 1 fully saturated rings. The van der Waals surface area contributed by atoms with E-state index in [0.717, 1.165) is 17.7 Å². The molecule has 13 nitrogen and oxygen atoms in total. The maximum Gasteiger partial charge on any atom is 0.332 e. The van der Waals surface area contributed by atoms with Crippen molar-refractivity contribution >= 4 is 39.8 Å². The van der Waals surface area contributed by atoms with Gasteiger partial charge in [-0.15, -0.1) is 3.89 Å². The van der Waals surface area contributed by atoms with Gasteiger partial charge in [0, 0.05) is 25.1 Å². The van der Waals surface area contributed by atoms with Gasteiger partial charge >= 0.3 is 10.2 Å². The van der Waals surface area contributed by atoms with E-state index < -0.39 is 75.4 Å². The summed E-state index contributed by atoms with van der Waals surface area (Å²) < 4.78 is 35.9. The molecule has 1 aliphatic rings. The summed E-state index contributed by atoms with van der Waals surface area (Å²) in [5, 5.41) is 10.4. The van der Waals surface area contributed by atoms with Crippen LogP contribution in [0.5, 0.6) is 0 Å². The number of benzene rings is 2. The van der Waals surface area contributed by atoms with Crippen LogP contribution >= 0.6 is 0 Å². The van der Waals surface area contributed by atoms with Gasteiger partial charge in [-0.1, -0.05) is 36.4 Å². The Morgan fingerprint density at radius 1 is 1.02 bits per heavy atom. The number of carbonyl (C=O) groups is 5. The Morgan fingerprint density at radius 2 is 1.72 bits per heavy atom. The Morgan fingerprint density at radius 3 is 2.35 bits per heavy atom. The number of nitrogens with one attached hydrogen (secondary N) is 4. The number of carbonyl (C=O) groups excluding carboxylic acids is 5. The highest BCUT2D eigenvalue weighted by Crippen LogP contribution is 2.20. The highest BCUT2D eigenvalue weighted by molar-refractivity contribution is 7.86. The Balaban J connectivity index is 1.76. The number of hydrogen-bond acceptors (Lipinski definition) is 8. The van der Waals surface area contributed by atoms with Crippen LogP contribution in [0.2, 0.25) is 0 Å². The van der Waals surface area contributed by atoms with Crippen LogP contribution in [-0.4, -0.2) is 87.2 Å². The zero-order valence-corrected chi connectivity index (χ0v) is 24.5. The van der Waals surface area contributed by atoms with Gasteiger partial charge in [-0.05, 0) is 50.6 Å². The highest BCUT2D eigenvalue weighted by Gasteiger charge is 2.39. The Kier molecular flexibility index (Phi) is 11.3. The van der Waals surface area contributed by atoms with Crippen molar-refractivity contribution in [2.75, 3.05) is 20.1 Å². The van der Waals surface area contributed by atoms with Gasteiger partial charge < -0.3 is 31.9 Å². The molecule has 0 aromatic heterocycles. The van der Waals surface area contributed by atoms with E-state index >= 15 is 0 Å². The minimum atomic E-state index is -5.06. The number of primary amides is 1. The van der Waals surface area contributed by atoms with E-state index in [1.54, 1.807) is 38.2 Å². The zero-order valence-electron chi connectivity index (χ0n) is 23.7. The molecule has 0 aliphatic carbocycles. The first-order chi connectivity index (χ1) is 20.3. The van der Waals surface area contributed by atoms with Crippen LogP contribution in [0.3, 0.4) is 0 Å². The summed E-state index contributed by atoms with van der Waals surface area (Å²) >= 11 is 0. The van der Waals surface area contributed by atoms with E-state index in [2.05, 4.69) is 21.3 Å². The van der Waals surface area contributed by atoms with Gasteiger partial charge in [0.05, 0.1) is 10.9 Å². The van der Waals surface area contributed by atoms with Crippen molar-refractivity contribution < 1.29 is 36.3 Å². The van der Waals surface area contributed by atoms with Gasteiger partial charge in [-0.25, -0.2) is 0 Å². The second kappa shape index (κ2) is 14.7. The Hall–Kier alpha value is -4.37. The first-order valence-corrected chi connectivity index (χ1v) is 14.9. The third-order valence-electron chi connectivity index (χ3n) is 7.07. The van der Waals surface area contributed by atoms with Crippen LogP contribution in [0, 0.1) is 0 Å². The Labute approximate surface area is 249 Å². The van der Waals surface area contributed by atoms with Crippen molar-refractivity contribution in [3.63, 3.8) is 0 Å². The fraction of sp³-hybridized carbons (Fsp3) is 0.393. The second-order valence-corrected chi connectivity index (χ2v) is 11.4. The molecule has 6 N–H and O–H groups in total. The molecule has 0 spiro atoms. The molecule has 0 bridgehead atoms. The van der Waals surface area contributed by atoms with Crippen LogP contribution in [0.1, 0.15) is 35.7 Å². The lowest BCUT2D eigenvalue weighted by molar-refractivity contribution is -0.142. The number of nitrogens with two attached hydrogens (primary N) is 1. The summed E-state index contributed by atoms with van der Waals surface area (Å²) in [6.45, 7) is 1.31. The fourth-order valence-corrected chi connectivity index (χ4v) is 5.07. The van der Waals surface area contributed by atoms with Crippen molar-refractivity contribution in [1.29, 1.82) is 0 Å². The number of likely N-dealkylation sites (tertiary alicyclic amines) is 1. The van der Waals surface area contributed by atoms with Crippen LogP contribution in [0.4, 0.5) is 3.89 Å². The van der Waals surface area contributed by atoms with Gasteiger partial charge in [0.1, 0.15) is 18.1 Å². The van der Waals surface area contributed by atoms with Crippen LogP contribution in [0.15, 0.2) is 59.5 Å². The van der Waals surface area contributed by atoms with Crippen LogP contribution < -0.4 is 27.0 Å². The maximum atomic E-state index is 13.7. The summed E-state index contributed by atoms with van der Waals surface area (Å²) in [5.41, 5.74) is 6.13. The molecule has 0 radical (unpaired) electrons. The molecule has 1 aliphatic heterocycles. The number of nitrogens with zero attached hydrogens (tertiary/aromatic N) is 1. The van der Waals surface area contributed by atoms with Crippen molar-refractivity contribution in [3.8, 4) is 0 Å². The summed E-state index contributed by atoms with van der Waals surface area (Å²) in [7, 11) is -3.52. The van der Waals surface area contributed by atoms with Gasteiger partial charge in [0.25, 0.3) is 5.91 Å². The number of halogens is 1. The number of likely N-dealkylation sites (N-methyl/N-ethyl adjacent to an activating group) is 1. The summed E-state index contributed by atoms with van der Waals surface area (Å²) in [6.07, 6.45) is 0.910. The van der Waals surface area contributed by atoms with Gasteiger partial charge in [0.15, 0.2) is 0 Å². The maximum absolute atomic E-state index is 13.7.